The van der Waals surface area contributed by atoms with Crippen molar-refractivity contribution in [1.82, 2.24) is 9.62 Å². The van der Waals surface area contributed by atoms with Gasteiger partial charge in [-0.05, 0) is 63.2 Å². The fourth-order valence-corrected chi connectivity index (χ4v) is 4.18. The van der Waals surface area contributed by atoms with Crippen molar-refractivity contribution in [2.45, 2.75) is 36.2 Å². The zero-order valence-electron chi connectivity index (χ0n) is 19.3. The molecular formula is C23H29FN2O5S2. The Balaban J connectivity index is 1.97. The lowest BCUT2D eigenvalue weighted by atomic mass is 10.2. The maximum atomic E-state index is 14.2. The van der Waals surface area contributed by atoms with Crippen molar-refractivity contribution >= 4 is 27.9 Å². The Morgan fingerprint density at radius 3 is 2.36 bits per heavy atom. The molecule has 180 valence electrons. The zero-order valence-corrected chi connectivity index (χ0v) is 20.9. The number of carbonyl (C=O) groups is 1. The number of carbonyl (C=O) groups excluding carboxylic acids is 1. The van der Waals surface area contributed by atoms with Crippen molar-refractivity contribution in [3.05, 3.63) is 60.4 Å². The van der Waals surface area contributed by atoms with Crippen LogP contribution in [0.25, 0.3) is 0 Å². The molecule has 0 bridgehead atoms. The molecule has 10 heteroatoms. The zero-order chi connectivity index (χ0) is 24.6. The van der Waals surface area contributed by atoms with Gasteiger partial charge in [-0.15, -0.1) is 11.8 Å². The predicted molar refractivity (Wildman–Crippen MR) is 128 cm³/mol. The summed E-state index contributed by atoms with van der Waals surface area (Å²) in [5.41, 5.74) is -0.618. The van der Waals surface area contributed by atoms with Gasteiger partial charge in [-0.25, -0.2) is 21.9 Å². The van der Waals surface area contributed by atoms with Gasteiger partial charge in [-0.3, -0.25) is 0 Å². The Hall–Kier alpha value is -2.56. The lowest BCUT2D eigenvalue weighted by Gasteiger charge is -2.19. The molecule has 0 atom stereocenters. The van der Waals surface area contributed by atoms with Gasteiger partial charge in [0.25, 0.3) is 0 Å². The average Bonchev–Trinajstić information content (AvgIpc) is 2.72. The van der Waals surface area contributed by atoms with Gasteiger partial charge in [0.05, 0.1) is 9.79 Å². The molecule has 2 aromatic rings. The van der Waals surface area contributed by atoms with Gasteiger partial charge in [0.15, 0.2) is 0 Å². The Bertz CT molecular complexity index is 1080. The second-order valence-electron chi connectivity index (χ2n) is 8.13. The van der Waals surface area contributed by atoms with Gasteiger partial charge < -0.3 is 14.8 Å². The smallest absolute Gasteiger partial charge is 0.407 e. The molecule has 0 aromatic heterocycles. The standard InChI is InChI=1S/C23H29FN2O5S2/c1-23(2,3)31-22(27)25-15-14-17(24)16-32-21-9-7-6-8-20(21)30-18-10-12-19(13-11-18)33(28,29)26(4)5/h6-14H,15-16H2,1-5H3,(H,25,27)/b17-14-. The van der Waals surface area contributed by atoms with E-state index in [2.05, 4.69) is 5.32 Å². The van der Waals surface area contributed by atoms with E-state index in [-0.39, 0.29) is 17.2 Å². The molecule has 33 heavy (non-hydrogen) atoms. The van der Waals surface area contributed by atoms with E-state index in [9.17, 15) is 17.6 Å². The van der Waals surface area contributed by atoms with Crippen LogP contribution in [0.1, 0.15) is 20.8 Å². The number of rotatable bonds is 9. The third-order valence-corrected chi connectivity index (χ3v) is 6.91. The van der Waals surface area contributed by atoms with E-state index in [0.29, 0.717) is 16.4 Å². The summed E-state index contributed by atoms with van der Waals surface area (Å²) < 4.78 is 50.7. The molecule has 0 fully saturated rings. The highest BCUT2D eigenvalue weighted by atomic mass is 32.2. The number of benzene rings is 2. The van der Waals surface area contributed by atoms with Crippen LogP contribution in [0.2, 0.25) is 0 Å². The van der Waals surface area contributed by atoms with Crippen molar-refractivity contribution in [3.63, 3.8) is 0 Å². The molecule has 0 aliphatic rings. The van der Waals surface area contributed by atoms with Gasteiger partial charge >= 0.3 is 6.09 Å². The number of para-hydroxylation sites is 1. The first-order valence-corrected chi connectivity index (χ1v) is 12.5. The first-order chi connectivity index (χ1) is 15.4. The second-order valence-corrected chi connectivity index (χ2v) is 11.3. The molecule has 1 N–H and O–H groups in total. The topological polar surface area (TPSA) is 84.9 Å². The number of alkyl carbamates (subject to hydrolysis) is 1. The molecule has 0 saturated heterocycles. The minimum Gasteiger partial charge on any atom is -0.456 e. The van der Waals surface area contributed by atoms with Crippen molar-refractivity contribution in [3.8, 4) is 11.5 Å². The highest BCUT2D eigenvalue weighted by Crippen LogP contribution is 2.34. The molecule has 2 aromatic carbocycles. The van der Waals surface area contributed by atoms with E-state index in [1.54, 1.807) is 51.1 Å². The Morgan fingerprint density at radius 2 is 1.76 bits per heavy atom. The minimum absolute atomic E-state index is 0.0155. The number of nitrogens with zero attached hydrogens (tertiary/aromatic N) is 1. The lowest BCUT2D eigenvalue weighted by Crippen LogP contribution is -2.32. The quantitative estimate of drug-likeness (QED) is 0.481. The molecule has 0 unspecified atom stereocenters. The number of hydrogen-bond donors (Lipinski definition) is 1. The van der Waals surface area contributed by atoms with E-state index < -0.39 is 27.5 Å². The third-order valence-electron chi connectivity index (χ3n) is 4.01. The van der Waals surface area contributed by atoms with Crippen LogP contribution in [0.5, 0.6) is 11.5 Å². The maximum absolute atomic E-state index is 14.2. The van der Waals surface area contributed by atoms with Crippen LogP contribution in [-0.4, -0.2) is 50.8 Å². The maximum Gasteiger partial charge on any atom is 0.407 e. The first kappa shape index (κ1) is 26.7. The van der Waals surface area contributed by atoms with E-state index in [4.69, 9.17) is 9.47 Å². The number of nitrogens with one attached hydrogen (secondary N) is 1. The molecule has 1 amide bonds. The molecule has 0 saturated carbocycles. The van der Waals surface area contributed by atoms with Gasteiger partial charge in [-0.1, -0.05) is 12.1 Å². The molecule has 0 radical (unpaired) electrons. The number of hydrogen-bond acceptors (Lipinski definition) is 6. The summed E-state index contributed by atoms with van der Waals surface area (Å²) in [5, 5.41) is 2.48. The molecule has 0 spiro atoms. The SMILES string of the molecule is CN(C)S(=O)(=O)c1ccc(Oc2ccccc2SC/C(F)=C/CNC(=O)OC(C)(C)C)cc1. The molecule has 0 aliphatic carbocycles. The summed E-state index contributed by atoms with van der Waals surface area (Å²) in [7, 11) is -0.590. The van der Waals surface area contributed by atoms with Crippen LogP contribution in [0.15, 0.2) is 70.2 Å². The largest absolute Gasteiger partial charge is 0.456 e. The van der Waals surface area contributed by atoms with E-state index in [1.165, 1.54) is 44.1 Å². The summed E-state index contributed by atoms with van der Waals surface area (Å²) in [6.07, 6.45) is 0.673. The van der Waals surface area contributed by atoms with Crippen molar-refractivity contribution in [2.75, 3.05) is 26.4 Å². The summed E-state index contributed by atoms with van der Waals surface area (Å²) in [6, 6.07) is 13.2. The summed E-state index contributed by atoms with van der Waals surface area (Å²) in [4.78, 5) is 12.5. The lowest BCUT2D eigenvalue weighted by molar-refractivity contribution is 0.0534. The van der Waals surface area contributed by atoms with Crippen molar-refractivity contribution in [2.24, 2.45) is 0 Å². The van der Waals surface area contributed by atoms with Crippen LogP contribution >= 0.6 is 11.8 Å². The normalized spacial score (nSPS) is 12.5. The molecular weight excluding hydrogens is 467 g/mol. The summed E-state index contributed by atoms with van der Waals surface area (Å²) >= 11 is 1.24. The molecule has 2 rings (SSSR count). The van der Waals surface area contributed by atoms with E-state index in [1.807, 2.05) is 6.07 Å². The average molecular weight is 497 g/mol. The summed E-state index contributed by atoms with van der Waals surface area (Å²) in [6.45, 7) is 5.26. The Kier molecular flexibility index (Phi) is 9.33. The molecule has 7 nitrogen and oxygen atoms in total. The number of halogens is 1. The number of sulfonamides is 1. The molecule has 0 heterocycles. The molecule has 0 aliphatic heterocycles. The van der Waals surface area contributed by atoms with Gasteiger partial charge in [-0.2, -0.15) is 0 Å². The first-order valence-electron chi connectivity index (χ1n) is 10.1. The third kappa shape index (κ3) is 8.71. The fraction of sp³-hybridized carbons (Fsp3) is 0.348. The van der Waals surface area contributed by atoms with E-state index in [0.717, 1.165) is 4.31 Å². The number of ether oxygens (including phenoxy) is 2. The van der Waals surface area contributed by atoms with Gasteiger partial charge in [0, 0.05) is 26.4 Å². The highest BCUT2D eigenvalue weighted by Gasteiger charge is 2.17. The number of amides is 1. The monoisotopic (exact) mass is 496 g/mol. The van der Waals surface area contributed by atoms with Crippen LogP contribution in [0.4, 0.5) is 9.18 Å². The Labute approximate surface area is 199 Å². The summed E-state index contributed by atoms with van der Waals surface area (Å²) in [5.74, 6) is 0.629. The minimum atomic E-state index is -3.52. The predicted octanol–water partition coefficient (Wildman–Crippen LogP) is 5.20. The Morgan fingerprint density at radius 1 is 1.12 bits per heavy atom. The van der Waals surface area contributed by atoms with Crippen LogP contribution < -0.4 is 10.1 Å². The number of thioether (sulfide) groups is 1. The second kappa shape index (κ2) is 11.5. The van der Waals surface area contributed by atoms with Crippen LogP contribution in [0, 0.1) is 0 Å². The highest BCUT2D eigenvalue weighted by molar-refractivity contribution is 7.99. The van der Waals surface area contributed by atoms with Crippen molar-refractivity contribution in [1.29, 1.82) is 0 Å². The van der Waals surface area contributed by atoms with Crippen LogP contribution in [0.3, 0.4) is 0 Å². The van der Waals surface area contributed by atoms with Gasteiger partial charge in [0.1, 0.15) is 22.9 Å². The van der Waals surface area contributed by atoms with E-state index >= 15 is 0 Å². The van der Waals surface area contributed by atoms with Crippen LogP contribution in [-0.2, 0) is 14.8 Å². The van der Waals surface area contributed by atoms with Crippen molar-refractivity contribution < 1.29 is 27.1 Å². The van der Waals surface area contributed by atoms with Gasteiger partial charge in [0.2, 0.25) is 10.0 Å². The fourth-order valence-electron chi connectivity index (χ4n) is 2.44.